The Morgan fingerprint density at radius 3 is 2.85 bits per heavy atom. The first kappa shape index (κ1) is 15.2. The molecular formula is C15H26N4O. The maximum absolute atomic E-state index is 5.68. The van der Waals surface area contributed by atoms with Crippen LogP contribution in [0.3, 0.4) is 0 Å². The molecule has 1 saturated heterocycles. The van der Waals surface area contributed by atoms with Crippen LogP contribution in [0.15, 0.2) is 12.4 Å². The fourth-order valence-corrected chi connectivity index (χ4v) is 2.46. The molecule has 1 aliphatic heterocycles. The lowest BCUT2D eigenvalue weighted by atomic mass is 10.1. The van der Waals surface area contributed by atoms with E-state index in [0.717, 1.165) is 18.7 Å². The number of ether oxygens (including phenoxy) is 1. The monoisotopic (exact) mass is 278 g/mol. The maximum atomic E-state index is 5.68. The molecule has 1 aromatic heterocycles. The minimum absolute atomic E-state index is 0.455. The molecule has 1 aliphatic rings. The molecule has 20 heavy (non-hydrogen) atoms. The summed E-state index contributed by atoms with van der Waals surface area (Å²) in [4.78, 5) is 11.1. The third kappa shape index (κ3) is 4.72. The van der Waals surface area contributed by atoms with Crippen LogP contribution < -0.4 is 10.1 Å². The Hall–Kier alpha value is -1.20. The molecule has 1 unspecified atom stereocenters. The van der Waals surface area contributed by atoms with Crippen molar-refractivity contribution in [3.05, 3.63) is 18.1 Å². The largest absolute Gasteiger partial charge is 0.477 e. The van der Waals surface area contributed by atoms with Gasteiger partial charge in [0.25, 0.3) is 0 Å². The predicted molar refractivity (Wildman–Crippen MR) is 79.8 cm³/mol. The van der Waals surface area contributed by atoms with Gasteiger partial charge >= 0.3 is 0 Å². The van der Waals surface area contributed by atoms with Gasteiger partial charge in [-0.2, -0.15) is 0 Å². The molecule has 5 heteroatoms. The van der Waals surface area contributed by atoms with E-state index in [1.54, 1.807) is 12.4 Å². The van der Waals surface area contributed by atoms with Crippen molar-refractivity contribution in [2.75, 3.05) is 20.2 Å². The average molecular weight is 278 g/mol. The van der Waals surface area contributed by atoms with Crippen LogP contribution >= 0.6 is 0 Å². The molecular weight excluding hydrogens is 252 g/mol. The second-order valence-electron chi connectivity index (χ2n) is 5.80. The molecule has 0 radical (unpaired) electrons. The van der Waals surface area contributed by atoms with Crippen LogP contribution in [0.4, 0.5) is 0 Å². The van der Waals surface area contributed by atoms with E-state index in [4.69, 9.17) is 4.74 Å². The number of nitrogens with zero attached hydrogens (tertiary/aromatic N) is 3. The highest BCUT2D eigenvalue weighted by molar-refractivity contribution is 5.07. The lowest BCUT2D eigenvalue weighted by Crippen LogP contribution is -2.26. The van der Waals surface area contributed by atoms with Crippen molar-refractivity contribution < 1.29 is 4.74 Å². The van der Waals surface area contributed by atoms with E-state index in [2.05, 4.69) is 41.1 Å². The van der Waals surface area contributed by atoms with E-state index in [1.165, 1.54) is 19.4 Å². The van der Waals surface area contributed by atoms with Gasteiger partial charge in [-0.25, -0.2) is 4.98 Å². The molecule has 0 amide bonds. The molecule has 0 aromatic carbocycles. The van der Waals surface area contributed by atoms with Crippen LogP contribution in [0, 0.1) is 0 Å². The normalized spacial score (nSPS) is 19.7. The third-order valence-corrected chi connectivity index (χ3v) is 3.75. The quantitative estimate of drug-likeness (QED) is 0.824. The van der Waals surface area contributed by atoms with E-state index < -0.39 is 0 Å². The number of hydrogen-bond acceptors (Lipinski definition) is 5. The van der Waals surface area contributed by atoms with E-state index in [0.29, 0.717) is 24.6 Å². The number of rotatable bonds is 7. The van der Waals surface area contributed by atoms with Gasteiger partial charge in [0.2, 0.25) is 5.88 Å². The van der Waals surface area contributed by atoms with Crippen LogP contribution in [-0.2, 0) is 6.54 Å². The fourth-order valence-electron chi connectivity index (χ4n) is 2.46. The van der Waals surface area contributed by atoms with E-state index >= 15 is 0 Å². The van der Waals surface area contributed by atoms with Gasteiger partial charge in [-0.3, -0.25) is 4.98 Å². The molecule has 0 saturated carbocycles. The van der Waals surface area contributed by atoms with Crippen molar-refractivity contribution in [3.8, 4) is 5.88 Å². The second kappa shape index (κ2) is 7.55. The van der Waals surface area contributed by atoms with Crippen molar-refractivity contribution in [2.24, 2.45) is 0 Å². The highest BCUT2D eigenvalue weighted by Gasteiger charge is 2.20. The highest BCUT2D eigenvalue weighted by atomic mass is 16.5. The van der Waals surface area contributed by atoms with Gasteiger partial charge in [0.15, 0.2) is 0 Å². The summed E-state index contributed by atoms with van der Waals surface area (Å²) in [5, 5.41) is 3.32. The molecule has 1 fully saturated rings. The fraction of sp³-hybridized carbons (Fsp3) is 0.733. The molecule has 1 N–H and O–H groups in total. The summed E-state index contributed by atoms with van der Waals surface area (Å²) in [6.45, 7) is 6.91. The molecule has 0 bridgehead atoms. The summed E-state index contributed by atoms with van der Waals surface area (Å²) in [7, 11) is 2.19. The summed E-state index contributed by atoms with van der Waals surface area (Å²) < 4.78 is 5.68. The minimum atomic E-state index is 0.455. The Balaban J connectivity index is 1.70. The summed E-state index contributed by atoms with van der Waals surface area (Å²) >= 11 is 0. The zero-order valence-corrected chi connectivity index (χ0v) is 12.8. The van der Waals surface area contributed by atoms with Crippen LogP contribution in [0.5, 0.6) is 5.88 Å². The smallest absolute Gasteiger partial charge is 0.232 e. The first-order chi connectivity index (χ1) is 9.65. The third-order valence-electron chi connectivity index (χ3n) is 3.75. The lowest BCUT2D eigenvalue weighted by molar-refractivity contribution is 0.228. The van der Waals surface area contributed by atoms with Crippen LogP contribution in [-0.4, -0.2) is 47.2 Å². The van der Waals surface area contributed by atoms with Gasteiger partial charge < -0.3 is 15.0 Å². The molecule has 1 atom stereocenters. The summed E-state index contributed by atoms with van der Waals surface area (Å²) in [5.74, 6) is 0.624. The van der Waals surface area contributed by atoms with Crippen molar-refractivity contribution >= 4 is 0 Å². The van der Waals surface area contributed by atoms with Crippen molar-refractivity contribution in [3.63, 3.8) is 0 Å². The highest BCUT2D eigenvalue weighted by Crippen LogP contribution is 2.18. The molecule has 0 spiro atoms. The number of hydrogen-bond donors (Lipinski definition) is 1. The second-order valence-corrected chi connectivity index (χ2v) is 5.80. The van der Waals surface area contributed by atoms with Crippen molar-refractivity contribution in [1.82, 2.24) is 20.2 Å². The van der Waals surface area contributed by atoms with E-state index in [9.17, 15) is 0 Å². The average Bonchev–Trinajstić information content (AvgIpc) is 2.83. The predicted octanol–water partition coefficient (Wildman–Crippen LogP) is 1.84. The number of aromatic nitrogens is 2. The Bertz CT molecular complexity index is 393. The van der Waals surface area contributed by atoms with Crippen LogP contribution in [0.2, 0.25) is 0 Å². The lowest BCUT2D eigenvalue weighted by Gasteiger charge is -2.18. The van der Waals surface area contributed by atoms with Gasteiger partial charge in [0, 0.05) is 18.6 Å². The standard InChI is InChI=1S/C15H26N4O/c1-12(2)16-9-13-10-18-15(11-17-13)20-8-6-14-5-4-7-19(14)3/h10-12,14,16H,4-9H2,1-3H3. The van der Waals surface area contributed by atoms with Gasteiger partial charge in [-0.1, -0.05) is 13.8 Å². The zero-order valence-electron chi connectivity index (χ0n) is 12.8. The molecule has 0 aliphatic carbocycles. The Morgan fingerprint density at radius 1 is 1.40 bits per heavy atom. The summed E-state index contributed by atoms with van der Waals surface area (Å²) in [5.41, 5.74) is 0.946. The van der Waals surface area contributed by atoms with Gasteiger partial charge in [-0.15, -0.1) is 0 Å². The van der Waals surface area contributed by atoms with E-state index in [-0.39, 0.29) is 0 Å². The first-order valence-corrected chi connectivity index (χ1v) is 7.52. The van der Waals surface area contributed by atoms with E-state index in [1.807, 2.05) is 0 Å². The van der Waals surface area contributed by atoms with Gasteiger partial charge in [-0.05, 0) is 32.9 Å². The van der Waals surface area contributed by atoms with Crippen molar-refractivity contribution in [2.45, 2.75) is 51.7 Å². The Morgan fingerprint density at radius 2 is 2.25 bits per heavy atom. The minimum Gasteiger partial charge on any atom is -0.477 e. The molecule has 2 rings (SSSR count). The van der Waals surface area contributed by atoms with Crippen LogP contribution in [0.25, 0.3) is 0 Å². The molecule has 112 valence electrons. The molecule has 5 nitrogen and oxygen atoms in total. The van der Waals surface area contributed by atoms with Crippen LogP contribution in [0.1, 0.15) is 38.8 Å². The van der Waals surface area contributed by atoms with Crippen molar-refractivity contribution in [1.29, 1.82) is 0 Å². The topological polar surface area (TPSA) is 50.3 Å². The molecule has 2 heterocycles. The Kier molecular flexibility index (Phi) is 5.73. The summed E-state index contributed by atoms with van der Waals surface area (Å²) in [6.07, 6.45) is 7.15. The summed E-state index contributed by atoms with van der Waals surface area (Å²) in [6, 6.07) is 1.12. The SMILES string of the molecule is CC(C)NCc1cnc(OCCC2CCCN2C)cn1. The van der Waals surface area contributed by atoms with Gasteiger partial charge in [0.05, 0.1) is 24.7 Å². The zero-order chi connectivity index (χ0) is 14.4. The molecule has 1 aromatic rings. The Labute approximate surface area is 121 Å². The number of likely N-dealkylation sites (tertiary alicyclic amines) is 1. The van der Waals surface area contributed by atoms with Gasteiger partial charge in [0.1, 0.15) is 0 Å². The number of nitrogens with one attached hydrogen (secondary N) is 1. The maximum Gasteiger partial charge on any atom is 0.232 e. The first-order valence-electron chi connectivity index (χ1n) is 7.52.